The average Bonchev–Trinajstić information content (AvgIpc) is 2.38. The molecule has 4 N–H and O–H groups in total. The number of hydrogen-bond donors (Lipinski definition) is 2. The van der Waals surface area contributed by atoms with Crippen LogP contribution in [0.3, 0.4) is 0 Å². The summed E-state index contributed by atoms with van der Waals surface area (Å²) < 4.78 is 5.61. The summed E-state index contributed by atoms with van der Waals surface area (Å²) in [6.07, 6.45) is 3.07. The lowest BCUT2D eigenvalue weighted by Crippen LogP contribution is -2.23. The second-order valence-electron chi connectivity index (χ2n) is 5.53. The number of ether oxygens (including phenoxy) is 1. The molecule has 4 nitrogen and oxygen atoms in total. The van der Waals surface area contributed by atoms with Crippen molar-refractivity contribution in [2.75, 3.05) is 13.2 Å². The lowest BCUT2D eigenvalue weighted by molar-refractivity contribution is 0.0996. The number of unbranched alkanes of at least 4 members (excludes halogenated alkanes) is 1. The molecule has 0 aliphatic carbocycles. The van der Waals surface area contributed by atoms with Crippen molar-refractivity contribution in [3.63, 3.8) is 0 Å². The van der Waals surface area contributed by atoms with E-state index in [4.69, 9.17) is 16.2 Å². The van der Waals surface area contributed by atoms with Crippen molar-refractivity contribution >= 4 is 5.91 Å². The summed E-state index contributed by atoms with van der Waals surface area (Å²) in [5.41, 5.74) is 11.6. The molecular formula is C15H24N2O2. The third-order valence-electron chi connectivity index (χ3n) is 3.21. The molecule has 4 heteroatoms. The van der Waals surface area contributed by atoms with E-state index in [0.29, 0.717) is 24.5 Å². The Hall–Kier alpha value is -1.55. The average molecular weight is 264 g/mol. The van der Waals surface area contributed by atoms with E-state index in [1.807, 2.05) is 6.07 Å². The van der Waals surface area contributed by atoms with Gasteiger partial charge < -0.3 is 16.2 Å². The Morgan fingerprint density at radius 3 is 2.58 bits per heavy atom. The molecule has 0 bridgehead atoms. The third-order valence-corrected chi connectivity index (χ3v) is 3.21. The van der Waals surface area contributed by atoms with Gasteiger partial charge in [0.25, 0.3) is 5.91 Å². The summed E-state index contributed by atoms with van der Waals surface area (Å²) >= 11 is 0. The predicted octanol–water partition coefficient (Wildman–Crippen LogP) is 2.32. The van der Waals surface area contributed by atoms with Crippen LogP contribution in [0.15, 0.2) is 24.3 Å². The van der Waals surface area contributed by atoms with Gasteiger partial charge in [0.15, 0.2) is 0 Å². The van der Waals surface area contributed by atoms with E-state index in [2.05, 4.69) is 13.8 Å². The maximum atomic E-state index is 11.2. The number of carbonyl (C=O) groups excluding carboxylic acids is 1. The van der Waals surface area contributed by atoms with Gasteiger partial charge in [0.05, 0.1) is 12.2 Å². The zero-order valence-electron chi connectivity index (χ0n) is 11.8. The van der Waals surface area contributed by atoms with Crippen molar-refractivity contribution in [3.05, 3.63) is 29.8 Å². The van der Waals surface area contributed by atoms with Gasteiger partial charge in [-0.3, -0.25) is 4.79 Å². The van der Waals surface area contributed by atoms with Crippen LogP contribution in [0, 0.1) is 5.41 Å². The first-order valence-electron chi connectivity index (χ1n) is 6.68. The summed E-state index contributed by atoms with van der Waals surface area (Å²) in [6.45, 7) is 5.61. The Kier molecular flexibility index (Phi) is 5.83. The van der Waals surface area contributed by atoms with Gasteiger partial charge in [-0.2, -0.15) is 0 Å². The fourth-order valence-corrected chi connectivity index (χ4v) is 1.79. The van der Waals surface area contributed by atoms with E-state index in [1.165, 1.54) is 0 Å². The van der Waals surface area contributed by atoms with Crippen LogP contribution >= 0.6 is 0 Å². The summed E-state index contributed by atoms with van der Waals surface area (Å²) in [7, 11) is 0. The molecule has 106 valence electrons. The minimum atomic E-state index is -0.458. The Labute approximate surface area is 115 Å². The van der Waals surface area contributed by atoms with E-state index < -0.39 is 5.91 Å². The molecule has 0 atom stereocenters. The van der Waals surface area contributed by atoms with Crippen LogP contribution in [-0.4, -0.2) is 19.1 Å². The minimum Gasteiger partial charge on any atom is -0.493 e. The zero-order valence-corrected chi connectivity index (χ0v) is 11.8. The molecule has 0 saturated carbocycles. The molecule has 0 unspecified atom stereocenters. The monoisotopic (exact) mass is 264 g/mol. The van der Waals surface area contributed by atoms with Gasteiger partial charge in [-0.25, -0.2) is 0 Å². The SMILES string of the molecule is CC(C)(CN)CCCCOc1ccccc1C(N)=O. The van der Waals surface area contributed by atoms with Crippen molar-refractivity contribution in [1.82, 2.24) is 0 Å². The van der Waals surface area contributed by atoms with Crippen molar-refractivity contribution in [1.29, 1.82) is 0 Å². The minimum absolute atomic E-state index is 0.186. The number of hydrogen-bond acceptors (Lipinski definition) is 3. The van der Waals surface area contributed by atoms with Crippen LogP contribution in [0.2, 0.25) is 0 Å². The molecule has 0 aliphatic rings. The van der Waals surface area contributed by atoms with Crippen LogP contribution in [0.25, 0.3) is 0 Å². The van der Waals surface area contributed by atoms with E-state index >= 15 is 0 Å². The van der Waals surface area contributed by atoms with Gasteiger partial charge in [0.2, 0.25) is 0 Å². The number of rotatable bonds is 8. The second-order valence-corrected chi connectivity index (χ2v) is 5.53. The molecule has 0 spiro atoms. The van der Waals surface area contributed by atoms with Crippen molar-refractivity contribution < 1.29 is 9.53 Å². The number of nitrogens with two attached hydrogens (primary N) is 2. The maximum absolute atomic E-state index is 11.2. The van der Waals surface area contributed by atoms with Crippen molar-refractivity contribution in [3.8, 4) is 5.75 Å². The highest BCUT2D eigenvalue weighted by Crippen LogP contribution is 2.22. The largest absolute Gasteiger partial charge is 0.493 e. The predicted molar refractivity (Wildman–Crippen MR) is 77.1 cm³/mol. The first-order valence-corrected chi connectivity index (χ1v) is 6.68. The van der Waals surface area contributed by atoms with E-state index in [0.717, 1.165) is 19.3 Å². The molecule has 0 heterocycles. The van der Waals surface area contributed by atoms with Gasteiger partial charge >= 0.3 is 0 Å². The third kappa shape index (κ3) is 5.30. The topological polar surface area (TPSA) is 78.3 Å². The van der Waals surface area contributed by atoms with E-state index in [9.17, 15) is 4.79 Å². The number of amides is 1. The maximum Gasteiger partial charge on any atom is 0.252 e. The first kappa shape index (κ1) is 15.5. The van der Waals surface area contributed by atoms with Gasteiger partial charge in [-0.05, 0) is 43.4 Å². The molecule has 0 aromatic heterocycles. The van der Waals surface area contributed by atoms with Crippen LogP contribution in [0.5, 0.6) is 5.75 Å². The highest BCUT2D eigenvalue weighted by atomic mass is 16.5. The van der Waals surface area contributed by atoms with Crippen LogP contribution in [-0.2, 0) is 0 Å². The first-order chi connectivity index (χ1) is 8.96. The molecule has 0 aliphatic heterocycles. The van der Waals surface area contributed by atoms with Crippen LogP contribution in [0.4, 0.5) is 0 Å². The van der Waals surface area contributed by atoms with Gasteiger partial charge in [0, 0.05) is 0 Å². The Morgan fingerprint density at radius 2 is 1.95 bits per heavy atom. The van der Waals surface area contributed by atoms with Crippen LogP contribution < -0.4 is 16.2 Å². The molecular weight excluding hydrogens is 240 g/mol. The Balaban J connectivity index is 2.36. The number of primary amides is 1. The molecule has 0 saturated heterocycles. The zero-order chi connectivity index (χ0) is 14.3. The molecule has 1 amide bonds. The summed E-state index contributed by atoms with van der Waals surface area (Å²) in [5.74, 6) is 0.105. The summed E-state index contributed by atoms with van der Waals surface area (Å²) in [5, 5.41) is 0. The Bertz CT molecular complexity index is 416. The standard InChI is InChI=1S/C15H24N2O2/c1-15(2,11-16)9-5-6-10-19-13-8-4-3-7-12(13)14(17)18/h3-4,7-8H,5-6,9-11,16H2,1-2H3,(H2,17,18). The highest BCUT2D eigenvalue weighted by Gasteiger charge is 2.14. The molecule has 0 radical (unpaired) electrons. The summed E-state index contributed by atoms with van der Waals surface area (Å²) in [6, 6.07) is 7.05. The van der Waals surface area contributed by atoms with Gasteiger partial charge in [-0.15, -0.1) is 0 Å². The lowest BCUT2D eigenvalue weighted by Gasteiger charge is -2.21. The lowest BCUT2D eigenvalue weighted by atomic mass is 9.87. The van der Waals surface area contributed by atoms with E-state index in [1.54, 1.807) is 18.2 Å². The normalized spacial score (nSPS) is 11.3. The smallest absolute Gasteiger partial charge is 0.252 e. The second kappa shape index (κ2) is 7.14. The van der Waals surface area contributed by atoms with E-state index in [-0.39, 0.29) is 5.41 Å². The number of para-hydroxylation sites is 1. The Morgan fingerprint density at radius 1 is 1.26 bits per heavy atom. The highest BCUT2D eigenvalue weighted by molar-refractivity contribution is 5.95. The quantitative estimate of drug-likeness (QED) is 0.707. The van der Waals surface area contributed by atoms with Crippen LogP contribution in [0.1, 0.15) is 43.5 Å². The fraction of sp³-hybridized carbons (Fsp3) is 0.533. The molecule has 0 fully saturated rings. The number of benzene rings is 1. The van der Waals surface area contributed by atoms with Crippen molar-refractivity contribution in [2.24, 2.45) is 16.9 Å². The molecule has 19 heavy (non-hydrogen) atoms. The molecule has 1 aromatic carbocycles. The molecule has 1 rings (SSSR count). The van der Waals surface area contributed by atoms with Gasteiger partial charge in [-0.1, -0.05) is 26.0 Å². The molecule has 1 aromatic rings. The fourth-order valence-electron chi connectivity index (χ4n) is 1.79. The van der Waals surface area contributed by atoms with Crippen molar-refractivity contribution in [2.45, 2.75) is 33.1 Å². The summed E-state index contributed by atoms with van der Waals surface area (Å²) in [4.78, 5) is 11.2. The van der Waals surface area contributed by atoms with Gasteiger partial charge in [0.1, 0.15) is 5.75 Å². The number of carbonyl (C=O) groups is 1.